The number of hydrogen-bond acceptors (Lipinski definition) is 3. The number of nitrogen functional groups attached to an aromatic ring is 1. The zero-order valence-electron chi connectivity index (χ0n) is 11.2. The van der Waals surface area contributed by atoms with Crippen LogP contribution in [-0.2, 0) is 6.54 Å². The second kappa shape index (κ2) is 4.92. The van der Waals surface area contributed by atoms with Crippen molar-refractivity contribution in [3.8, 4) is 0 Å². The molecule has 2 aromatic rings. The van der Waals surface area contributed by atoms with Crippen LogP contribution in [0, 0.1) is 6.92 Å². The molecule has 2 N–H and O–H groups in total. The first-order valence-electron chi connectivity index (χ1n) is 6.77. The Morgan fingerprint density at radius 2 is 2.00 bits per heavy atom. The first-order valence-corrected chi connectivity index (χ1v) is 6.77. The normalized spacial score (nSPS) is 14.4. The van der Waals surface area contributed by atoms with Gasteiger partial charge in [0.05, 0.1) is 5.69 Å². The number of anilines is 2. The molecule has 1 aromatic carbocycles. The Kier molecular flexibility index (Phi) is 3.11. The van der Waals surface area contributed by atoms with Crippen LogP contribution in [0.3, 0.4) is 0 Å². The number of hydrogen-bond donors (Lipinski definition) is 1. The summed E-state index contributed by atoms with van der Waals surface area (Å²) in [6.07, 6.45) is 4.37. The molecule has 0 radical (unpaired) electrons. The Hall–Kier alpha value is -2.03. The lowest BCUT2D eigenvalue weighted by Crippen LogP contribution is -2.27. The fourth-order valence-corrected chi connectivity index (χ4v) is 2.37. The molecule has 3 rings (SSSR count). The van der Waals surface area contributed by atoms with Crippen LogP contribution in [0.25, 0.3) is 0 Å². The predicted molar refractivity (Wildman–Crippen MR) is 79.0 cm³/mol. The van der Waals surface area contributed by atoms with Crippen LogP contribution in [0.1, 0.15) is 24.0 Å². The van der Waals surface area contributed by atoms with Crippen molar-refractivity contribution in [2.24, 2.45) is 0 Å². The number of nitrogens with zero attached hydrogens (tertiary/aromatic N) is 2. The molecule has 0 atom stereocenters. The van der Waals surface area contributed by atoms with Crippen molar-refractivity contribution in [2.75, 3.05) is 10.6 Å². The van der Waals surface area contributed by atoms with E-state index in [4.69, 9.17) is 5.73 Å². The number of rotatable bonds is 4. The van der Waals surface area contributed by atoms with E-state index >= 15 is 0 Å². The summed E-state index contributed by atoms with van der Waals surface area (Å²) in [7, 11) is 0. The molecule has 3 nitrogen and oxygen atoms in total. The second-order valence-corrected chi connectivity index (χ2v) is 5.27. The van der Waals surface area contributed by atoms with Gasteiger partial charge < -0.3 is 10.6 Å². The first-order chi connectivity index (χ1) is 9.24. The summed E-state index contributed by atoms with van der Waals surface area (Å²) >= 11 is 0. The number of nitrogens with two attached hydrogens (primary N) is 1. The number of pyridine rings is 1. The molecule has 3 heteroatoms. The van der Waals surface area contributed by atoms with E-state index in [0.29, 0.717) is 6.04 Å². The summed E-state index contributed by atoms with van der Waals surface area (Å²) in [5.41, 5.74) is 9.33. The zero-order chi connectivity index (χ0) is 13.2. The van der Waals surface area contributed by atoms with E-state index in [9.17, 15) is 0 Å². The third kappa shape index (κ3) is 2.70. The van der Waals surface area contributed by atoms with Crippen molar-refractivity contribution in [3.05, 3.63) is 53.7 Å². The van der Waals surface area contributed by atoms with Crippen molar-refractivity contribution in [2.45, 2.75) is 32.4 Å². The lowest BCUT2D eigenvalue weighted by atomic mass is 10.2. The number of aryl methyl sites for hydroxylation is 1. The van der Waals surface area contributed by atoms with Crippen LogP contribution in [0.5, 0.6) is 0 Å². The van der Waals surface area contributed by atoms with Gasteiger partial charge in [-0.1, -0.05) is 30.3 Å². The molecule has 0 unspecified atom stereocenters. The smallest absolute Gasteiger partial charge is 0.152 e. The van der Waals surface area contributed by atoms with Gasteiger partial charge in [0.15, 0.2) is 5.82 Å². The Balaban J connectivity index is 1.89. The maximum Gasteiger partial charge on any atom is 0.152 e. The van der Waals surface area contributed by atoms with Crippen molar-refractivity contribution < 1.29 is 0 Å². The molecule has 98 valence electrons. The lowest BCUT2D eigenvalue weighted by Gasteiger charge is -2.25. The van der Waals surface area contributed by atoms with Crippen molar-refractivity contribution in [1.29, 1.82) is 0 Å². The molecule has 1 aliphatic carbocycles. The van der Waals surface area contributed by atoms with Crippen LogP contribution in [0.2, 0.25) is 0 Å². The number of aromatic nitrogens is 1. The third-order valence-corrected chi connectivity index (χ3v) is 3.49. The van der Waals surface area contributed by atoms with E-state index in [0.717, 1.165) is 23.6 Å². The van der Waals surface area contributed by atoms with Crippen LogP contribution in [0.15, 0.2) is 42.6 Å². The molecular formula is C16H19N3. The van der Waals surface area contributed by atoms with Gasteiger partial charge in [-0.15, -0.1) is 0 Å². The van der Waals surface area contributed by atoms with E-state index in [2.05, 4.69) is 34.1 Å². The summed E-state index contributed by atoms with van der Waals surface area (Å²) in [4.78, 5) is 6.87. The van der Waals surface area contributed by atoms with Gasteiger partial charge in [-0.25, -0.2) is 4.98 Å². The van der Waals surface area contributed by atoms with E-state index < -0.39 is 0 Å². The summed E-state index contributed by atoms with van der Waals surface area (Å²) in [5, 5.41) is 0. The highest BCUT2D eigenvalue weighted by Gasteiger charge is 2.31. The quantitative estimate of drug-likeness (QED) is 0.910. The Morgan fingerprint density at radius 1 is 1.26 bits per heavy atom. The SMILES string of the molecule is Cc1cnc(N(Cc2ccccc2)C2CC2)c(N)c1. The zero-order valence-corrected chi connectivity index (χ0v) is 11.2. The van der Waals surface area contributed by atoms with Crippen molar-refractivity contribution in [3.63, 3.8) is 0 Å². The summed E-state index contributed by atoms with van der Waals surface area (Å²) in [5.74, 6) is 0.928. The molecular weight excluding hydrogens is 234 g/mol. The summed E-state index contributed by atoms with van der Waals surface area (Å²) in [6.45, 7) is 2.90. The molecule has 0 spiro atoms. The maximum absolute atomic E-state index is 6.14. The first kappa shape index (κ1) is 12.0. The lowest BCUT2D eigenvalue weighted by molar-refractivity contribution is 0.779. The molecule has 0 amide bonds. The van der Waals surface area contributed by atoms with Crippen molar-refractivity contribution >= 4 is 11.5 Å². The Bertz CT molecular complexity index is 561. The van der Waals surface area contributed by atoms with Gasteiger partial charge in [0.2, 0.25) is 0 Å². The molecule has 0 saturated heterocycles. The monoisotopic (exact) mass is 253 g/mol. The number of benzene rings is 1. The molecule has 1 aromatic heterocycles. The molecule has 19 heavy (non-hydrogen) atoms. The Labute approximate surface area is 114 Å². The highest BCUT2D eigenvalue weighted by Crippen LogP contribution is 2.34. The molecule has 1 aliphatic rings. The standard InChI is InChI=1S/C16H19N3/c1-12-9-15(17)16(18-10-12)19(14-7-8-14)11-13-5-3-2-4-6-13/h2-6,9-10,14H,7-8,11,17H2,1H3. The van der Waals surface area contributed by atoms with E-state index in [1.54, 1.807) is 0 Å². The van der Waals surface area contributed by atoms with Crippen LogP contribution < -0.4 is 10.6 Å². The average molecular weight is 253 g/mol. The topological polar surface area (TPSA) is 42.2 Å². The van der Waals surface area contributed by atoms with E-state index in [1.165, 1.54) is 18.4 Å². The van der Waals surface area contributed by atoms with Crippen molar-refractivity contribution in [1.82, 2.24) is 4.98 Å². The van der Waals surface area contributed by atoms with Gasteiger partial charge in [-0.3, -0.25) is 0 Å². The van der Waals surface area contributed by atoms with Gasteiger partial charge in [0.25, 0.3) is 0 Å². The summed E-state index contributed by atoms with van der Waals surface area (Å²) < 4.78 is 0. The molecule has 0 bridgehead atoms. The largest absolute Gasteiger partial charge is 0.396 e. The fourth-order valence-electron chi connectivity index (χ4n) is 2.37. The molecule has 1 fully saturated rings. The highest BCUT2D eigenvalue weighted by atomic mass is 15.2. The summed E-state index contributed by atoms with van der Waals surface area (Å²) in [6, 6.07) is 13.1. The highest BCUT2D eigenvalue weighted by molar-refractivity contribution is 5.64. The molecule has 1 heterocycles. The average Bonchev–Trinajstić information content (AvgIpc) is 3.22. The van der Waals surface area contributed by atoms with Gasteiger partial charge in [0.1, 0.15) is 0 Å². The van der Waals surface area contributed by atoms with Gasteiger partial charge in [-0.2, -0.15) is 0 Å². The predicted octanol–water partition coefficient (Wildman–Crippen LogP) is 3.14. The minimum atomic E-state index is 0.595. The molecule has 0 aliphatic heterocycles. The minimum absolute atomic E-state index is 0.595. The van der Waals surface area contributed by atoms with Gasteiger partial charge in [-0.05, 0) is 37.0 Å². The van der Waals surface area contributed by atoms with Crippen LogP contribution in [-0.4, -0.2) is 11.0 Å². The van der Waals surface area contributed by atoms with E-state index in [-0.39, 0.29) is 0 Å². The minimum Gasteiger partial charge on any atom is -0.396 e. The van der Waals surface area contributed by atoms with Crippen LogP contribution in [0.4, 0.5) is 11.5 Å². The van der Waals surface area contributed by atoms with Gasteiger partial charge in [0, 0.05) is 18.8 Å². The third-order valence-electron chi connectivity index (χ3n) is 3.49. The maximum atomic E-state index is 6.14. The fraction of sp³-hybridized carbons (Fsp3) is 0.312. The second-order valence-electron chi connectivity index (χ2n) is 5.27. The van der Waals surface area contributed by atoms with E-state index in [1.807, 2.05) is 25.3 Å². The van der Waals surface area contributed by atoms with Crippen LogP contribution >= 0.6 is 0 Å². The molecule has 1 saturated carbocycles. The Morgan fingerprint density at radius 3 is 2.63 bits per heavy atom. The van der Waals surface area contributed by atoms with Gasteiger partial charge >= 0.3 is 0 Å².